The monoisotopic (exact) mass is 183 g/mol. The molecule has 1 N–H and O–H groups in total. The van der Waals surface area contributed by atoms with Crippen molar-refractivity contribution in [3.05, 3.63) is 11.6 Å². The first-order valence-electron chi connectivity index (χ1n) is 4.77. The molecule has 0 saturated heterocycles. The van der Waals surface area contributed by atoms with E-state index in [1.165, 1.54) is 12.8 Å². The van der Waals surface area contributed by atoms with E-state index in [0.29, 0.717) is 18.0 Å². The number of aliphatic carboxylic acids is 1. The number of nitrogens with zero attached hydrogens (tertiary/aromatic N) is 1. The fourth-order valence-electron chi connectivity index (χ4n) is 1.30. The minimum absolute atomic E-state index is 0.521. The number of likely N-dealkylation sites (N-methyl/N-ethyl adjacent to an activating group) is 1. The van der Waals surface area contributed by atoms with Crippen LogP contribution in [0.1, 0.15) is 26.2 Å². The first kappa shape index (κ1) is 10.3. The fourth-order valence-corrected chi connectivity index (χ4v) is 1.30. The predicted octanol–water partition coefficient (Wildman–Crippen LogP) is 1.50. The van der Waals surface area contributed by atoms with E-state index in [4.69, 9.17) is 5.11 Å². The third-order valence-corrected chi connectivity index (χ3v) is 2.45. The molecule has 0 atom stereocenters. The summed E-state index contributed by atoms with van der Waals surface area (Å²) in [6.45, 7) is 2.64. The zero-order valence-corrected chi connectivity index (χ0v) is 8.29. The zero-order chi connectivity index (χ0) is 9.84. The molecule has 3 heteroatoms. The van der Waals surface area contributed by atoms with Crippen molar-refractivity contribution in [2.75, 3.05) is 13.6 Å². The van der Waals surface area contributed by atoms with Crippen LogP contribution in [-0.4, -0.2) is 35.6 Å². The average Bonchev–Trinajstić information content (AvgIpc) is 2.86. The van der Waals surface area contributed by atoms with E-state index >= 15 is 0 Å². The lowest BCUT2D eigenvalue weighted by atomic mass is 10.2. The Morgan fingerprint density at radius 3 is 2.62 bits per heavy atom. The molecule has 0 unspecified atom stereocenters. The molecule has 1 fully saturated rings. The van der Waals surface area contributed by atoms with Crippen LogP contribution in [-0.2, 0) is 4.79 Å². The minimum atomic E-state index is -0.785. The Kier molecular flexibility index (Phi) is 3.48. The summed E-state index contributed by atoms with van der Waals surface area (Å²) in [5.41, 5.74) is 0.521. The Bertz CT molecular complexity index is 219. The van der Waals surface area contributed by atoms with Gasteiger partial charge >= 0.3 is 5.97 Å². The summed E-state index contributed by atoms with van der Waals surface area (Å²) < 4.78 is 0. The van der Waals surface area contributed by atoms with Gasteiger partial charge < -0.3 is 5.11 Å². The summed E-state index contributed by atoms with van der Waals surface area (Å²) in [5.74, 6) is -0.785. The molecule has 1 rings (SSSR count). The van der Waals surface area contributed by atoms with Crippen molar-refractivity contribution in [1.29, 1.82) is 0 Å². The molecule has 1 saturated carbocycles. The van der Waals surface area contributed by atoms with Crippen LogP contribution in [0.5, 0.6) is 0 Å². The maximum atomic E-state index is 10.6. The van der Waals surface area contributed by atoms with Crippen molar-refractivity contribution in [1.82, 2.24) is 4.90 Å². The van der Waals surface area contributed by atoms with Gasteiger partial charge in [-0.2, -0.15) is 0 Å². The van der Waals surface area contributed by atoms with E-state index in [9.17, 15) is 4.79 Å². The smallest absolute Gasteiger partial charge is 0.331 e. The van der Waals surface area contributed by atoms with Crippen molar-refractivity contribution in [3.63, 3.8) is 0 Å². The van der Waals surface area contributed by atoms with E-state index in [-0.39, 0.29) is 0 Å². The highest BCUT2D eigenvalue weighted by atomic mass is 16.4. The van der Waals surface area contributed by atoms with E-state index in [2.05, 4.69) is 4.90 Å². The quantitative estimate of drug-likeness (QED) is 0.657. The van der Waals surface area contributed by atoms with Crippen molar-refractivity contribution in [2.24, 2.45) is 0 Å². The van der Waals surface area contributed by atoms with Crippen LogP contribution in [0.2, 0.25) is 0 Å². The van der Waals surface area contributed by atoms with Crippen molar-refractivity contribution >= 4 is 5.97 Å². The molecule has 0 bridgehead atoms. The highest BCUT2D eigenvalue weighted by Gasteiger charge is 2.25. The molecule has 0 aromatic rings. The summed E-state index contributed by atoms with van der Waals surface area (Å²) in [5, 5.41) is 8.75. The van der Waals surface area contributed by atoms with Crippen molar-refractivity contribution in [3.8, 4) is 0 Å². The molecule has 0 spiro atoms. The number of carbonyl (C=O) groups is 1. The molecule has 1 aliphatic carbocycles. The standard InChI is InChI=1S/C10H17NO2/c1-3-8(10(12)13)6-7-11(2)9-4-5-9/h6,9H,3-5,7H2,1-2H3,(H,12,13). The largest absolute Gasteiger partial charge is 0.478 e. The Hall–Kier alpha value is -0.830. The van der Waals surface area contributed by atoms with Gasteiger partial charge in [-0.15, -0.1) is 0 Å². The molecular formula is C10H17NO2. The highest BCUT2D eigenvalue weighted by molar-refractivity contribution is 5.86. The lowest BCUT2D eigenvalue weighted by molar-refractivity contribution is -0.132. The van der Waals surface area contributed by atoms with Crippen molar-refractivity contribution < 1.29 is 9.90 Å². The highest BCUT2D eigenvalue weighted by Crippen LogP contribution is 2.25. The van der Waals surface area contributed by atoms with Crippen LogP contribution in [0.3, 0.4) is 0 Å². The molecule has 0 aromatic carbocycles. The van der Waals surface area contributed by atoms with Crippen LogP contribution in [0.25, 0.3) is 0 Å². The third-order valence-electron chi connectivity index (χ3n) is 2.45. The van der Waals surface area contributed by atoms with E-state index < -0.39 is 5.97 Å². The summed E-state index contributed by atoms with van der Waals surface area (Å²) in [7, 11) is 2.04. The molecule has 3 nitrogen and oxygen atoms in total. The molecule has 0 aliphatic heterocycles. The van der Waals surface area contributed by atoms with Gasteiger partial charge in [0, 0.05) is 18.2 Å². The van der Waals surface area contributed by atoms with E-state index in [1.54, 1.807) is 0 Å². The number of hydrogen-bond acceptors (Lipinski definition) is 2. The molecule has 13 heavy (non-hydrogen) atoms. The molecular weight excluding hydrogens is 166 g/mol. The topological polar surface area (TPSA) is 40.5 Å². The number of carboxylic acids is 1. The van der Waals surface area contributed by atoms with Gasteiger partial charge in [0.1, 0.15) is 0 Å². The average molecular weight is 183 g/mol. The Morgan fingerprint density at radius 1 is 1.62 bits per heavy atom. The predicted molar refractivity (Wildman–Crippen MR) is 51.7 cm³/mol. The number of hydrogen-bond donors (Lipinski definition) is 1. The van der Waals surface area contributed by atoms with E-state index in [0.717, 1.165) is 6.54 Å². The van der Waals surface area contributed by atoms with Gasteiger partial charge in [0.25, 0.3) is 0 Å². The van der Waals surface area contributed by atoms with Gasteiger partial charge in [-0.1, -0.05) is 13.0 Å². The van der Waals surface area contributed by atoms with Crippen molar-refractivity contribution in [2.45, 2.75) is 32.2 Å². The van der Waals surface area contributed by atoms with Crippen LogP contribution in [0.15, 0.2) is 11.6 Å². The lowest BCUT2D eigenvalue weighted by Gasteiger charge is -2.12. The summed E-state index contributed by atoms with van der Waals surface area (Å²) in [4.78, 5) is 12.8. The van der Waals surface area contributed by atoms with Gasteiger partial charge in [0.05, 0.1) is 0 Å². The van der Waals surface area contributed by atoms with Crippen LogP contribution < -0.4 is 0 Å². The van der Waals surface area contributed by atoms with Crippen LogP contribution >= 0.6 is 0 Å². The normalized spacial score (nSPS) is 17.9. The van der Waals surface area contributed by atoms with E-state index in [1.807, 2.05) is 20.0 Å². The second kappa shape index (κ2) is 4.42. The van der Waals surface area contributed by atoms with Crippen LogP contribution in [0.4, 0.5) is 0 Å². The van der Waals surface area contributed by atoms with Gasteiger partial charge in [-0.3, -0.25) is 4.90 Å². The molecule has 1 aliphatic rings. The van der Waals surface area contributed by atoms with Gasteiger partial charge in [0.15, 0.2) is 0 Å². The Labute approximate surface area is 79.0 Å². The second-order valence-electron chi connectivity index (χ2n) is 3.56. The summed E-state index contributed by atoms with van der Waals surface area (Å²) in [6, 6.07) is 0.697. The van der Waals surface area contributed by atoms with Gasteiger partial charge in [-0.05, 0) is 26.3 Å². The summed E-state index contributed by atoms with van der Waals surface area (Å²) in [6.07, 6.45) is 4.95. The first-order chi connectivity index (χ1) is 6.15. The third kappa shape index (κ3) is 3.19. The molecule has 74 valence electrons. The second-order valence-corrected chi connectivity index (χ2v) is 3.56. The lowest BCUT2D eigenvalue weighted by Crippen LogP contribution is -2.21. The SMILES string of the molecule is CCC(=CCN(C)C1CC1)C(=O)O. The Morgan fingerprint density at radius 2 is 2.23 bits per heavy atom. The molecule has 0 amide bonds. The minimum Gasteiger partial charge on any atom is -0.478 e. The first-order valence-corrected chi connectivity index (χ1v) is 4.77. The molecule has 0 radical (unpaired) electrons. The Balaban J connectivity index is 2.38. The number of rotatable bonds is 5. The van der Waals surface area contributed by atoms with Gasteiger partial charge in [0.2, 0.25) is 0 Å². The maximum Gasteiger partial charge on any atom is 0.331 e. The summed E-state index contributed by atoms with van der Waals surface area (Å²) >= 11 is 0. The molecule has 0 aromatic heterocycles. The van der Waals surface area contributed by atoms with Crippen LogP contribution in [0, 0.1) is 0 Å². The zero-order valence-electron chi connectivity index (χ0n) is 8.29. The molecule has 0 heterocycles. The maximum absolute atomic E-state index is 10.6. The number of carboxylic acid groups (broad SMARTS) is 1. The van der Waals surface area contributed by atoms with Gasteiger partial charge in [-0.25, -0.2) is 4.79 Å². The fraction of sp³-hybridized carbons (Fsp3) is 0.700.